The monoisotopic (exact) mass is 494 g/mol. The molecule has 134 valence electrons. The predicted molar refractivity (Wildman–Crippen MR) is 113 cm³/mol. The maximum Gasteiger partial charge on any atom is 0.230 e. The van der Waals surface area contributed by atoms with Crippen LogP contribution in [0.3, 0.4) is 0 Å². The summed E-state index contributed by atoms with van der Waals surface area (Å²) in [4.78, 5) is 16.9. The second kappa shape index (κ2) is 8.79. The summed E-state index contributed by atoms with van der Waals surface area (Å²) >= 11 is 8.37. The molecule has 3 aromatic rings. The fourth-order valence-corrected chi connectivity index (χ4v) is 3.87. The molecule has 2 aromatic carbocycles. The van der Waals surface area contributed by atoms with Crippen LogP contribution in [-0.2, 0) is 11.2 Å². The number of hydrogen-bond donors (Lipinski definition) is 1. The highest BCUT2D eigenvalue weighted by molar-refractivity contribution is 9.11. The highest BCUT2D eigenvalue weighted by Gasteiger charge is 2.11. The van der Waals surface area contributed by atoms with Gasteiger partial charge in [-0.05, 0) is 65.3 Å². The van der Waals surface area contributed by atoms with Crippen LogP contribution in [0.2, 0.25) is 0 Å². The van der Waals surface area contributed by atoms with Crippen LogP contribution < -0.4 is 10.1 Å². The topological polar surface area (TPSA) is 51.2 Å². The van der Waals surface area contributed by atoms with E-state index in [0.717, 1.165) is 36.6 Å². The molecule has 26 heavy (non-hydrogen) atoms. The molecule has 3 rings (SSSR count). The van der Waals surface area contributed by atoms with Crippen molar-refractivity contribution in [1.82, 2.24) is 4.98 Å². The van der Waals surface area contributed by atoms with Gasteiger partial charge in [0.1, 0.15) is 10.8 Å². The van der Waals surface area contributed by atoms with Crippen molar-refractivity contribution < 1.29 is 9.53 Å². The van der Waals surface area contributed by atoms with Crippen LogP contribution in [-0.4, -0.2) is 17.5 Å². The van der Waals surface area contributed by atoms with E-state index in [0.29, 0.717) is 6.61 Å². The van der Waals surface area contributed by atoms with Gasteiger partial charge in [0.15, 0.2) is 0 Å². The highest BCUT2D eigenvalue weighted by Crippen LogP contribution is 2.28. The van der Waals surface area contributed by atoms with E-state index < -0.39 is 0 Å². The molecule has 0 atom stereocenters. The fourth-order valence-electron chi connectivity index (χ4n) is 2.33. The van der Waals surface area contributed by atoms with Crippen LogP contribution in [0, 0.1) is 0 Å². The quantitative estimate of drug-likeness (QED) is 0.462. The first kappa shape index (κ1) is 19.1. The molecule has 0 aliphatic carbocycles. The van der Waals surface area contributed by atoms with Gasteiger partial charge in [0, 0.05) is 19.9 Å². The van der Waals surface area contributed by atoms with E-state index >= 15 is 0 Å². The summed E-state index contributed by atoms with van der Waals surface area (Å²) in [6.07, 6.45) is 0.229. The molecule has 1 amide bonds. The number of anilines is 1. The first-order chi connectivity index (χ1) is 12.5. The van der Waals surface area contributed by atoms with E-state index in [2.05, 4.69) is 42.2 Å². The third-order valence-corrected chi connectivity index (χ3v) is 5.63. The second-order valence-electron chi connectivity index (χ2n) is 5.45. The molecule has 1 heterocycles. The van der Waals surface area contributed by atoms with E-state index in [1.165, 1.54) is 11.3 Å². The molecule has 0 fully saturated rings. The molecule has 0 aliphatic rings. The number of nitrogens with zero attached hydrogens (tertiary/aromatic N) is 1. The van der Waals surface area contributed by atoms with E-state index in [1.54, 1.807) is 0 Å². The lowest BCUT2D eigenvalue weighted by Gasteiger charge is -2.07. The smallest absolute Gasteiger partial charge is 0.230 e. The molecular formula is C19H16Br2N2O2S. The Hall–Kier alpha value is -1.70. The van der Waals surface area contributed by atoms with Gasteiger partial charge in [0.2, 0.25) is 5.91 Å². The fraction of sp³-hybridized carbons (Fsp3) is 0.158. The number of hydrogen-bond acceptors (Lipinski definition) is 4. The Kier molecular flexibility index (Phi) is 6.45. The SMILES string of the molecule is CCOc1ccc(-c2nc(CC(=O)Nc3cc(Br)ccc3Br)cs2)cc1. The Balaban J connectivity index is 1.66. The van der Waals surface area contributed by atoms with Crippen LogP contribution >= 0.6 is 43.2 Å². The number of thiazole rings is 1. The van der Waals surface area contributed by atoms with Gasteiger partial charge in [-0.2, -0.15) is 0 Å². The Morgan fingerprint density at radius 3 is 2.69 bits per heavy atom. The molecule has 4 nitrogen and oxygen atoms in total. The predicted octanol–water partition coefficient (Wildman–Crippen LogP) is 5.92. The number of carbonyl (C=O) groups is 1. The van der Waals surface area contributed by atoms with Gasteiger partial charge in [-0.25, -0.2) is 4.98 Å². The van der Waals surface area contributed by atoms with Crippen LogP contribution in [0.15, 0.2) is 56.8 Å². The number of nitrogens with one attached hydrogen (secondary N) is 1. The lowest BCUT2D eigenvalue weighted by molar-refractivity contribution is -0.115. The van der Waals surface area contributed by atoms with Gasteiger partial charge in [-0.15, -0.1) is 11.3 Å². The van der Waals surface area contributed by atoms with E-state index in [1.807, 2.05) is 54.8 Å². The van der Waals surface area contributed by atoms with Gasteiger partial charge in [-0.3, -0.25) is 4.79 Å². The minimum atomic E-state index is -0.104. The van der Waals surface area contributed by atoms with Gasteiger partial charge >= 0.3 is 0 Å². The molecule has 7 heteroatoms. The van der Waals surface area contributed by atoms with Crippen molar-refractivity contribution in [2.24, 2.45) is 0 Å². The molecule has 0 radical (unpaired) electrons. The lowest BCUT2D eigenvalue weighted by atomic mass is 10.2. The normalized spacial score (nSPS) is 10.6. The number of benzene rings is 2. The molecule has 0 aliphatic heterocycles. The van der Waals surface area contributed by atoms with Gasteiger partial charge in [-0.1, -0.05) is 15.9 Å². The Bertz CT molecular complexity index is 910. The third kappa shape index (κ3) is 4.93. The molecule has 0 spiro atoms. The molecular weight excluding hydrogens is 480 g/mol. The van der Waals surface area contributed by atoms with E-state index in [4.69, 9.17) is 4.74 Å². The van der Waals surface area contributed by atoms with Gasteiger partial charge in [0.05, 0.1) is 24.4 Å². The summed E-state index contributed by atoms with van der Waals surface area (Å²) in [6.45, 7) is 2.60. The summed E-state index contributed by atoms with van der Waals surface area (Å²) in [6, 6.07) is 13.5. The average Bonchev–Trinajstić information content (AvgIpc) is 3.07. The Labute approximate surface area is 172 Å². The summed E-state index contributed by atoms with van der Waals surface area (Å²) in [7, 11) is 0. The number of halogens is 2. The lowest BCUT2D eigenvalue weighted by Crippen LogP contribution is -2.15. The number of carbonyl (C=O) groups excluding carboxylic acids is 1. The van der Waals surface area contributed by atoms with Crippen LogP contribution in [0.5, 0.6) is 5.75 Å². The van der Waals surface area contributed by atoms with Gasteiger partial charge < -0.3 is 10.1 Å². The zero-order valence-electron chi connectivity index (χ0n) is 14.0. The third-order valence-electron chi connectivity index (χ3n) is 3.51. The Morgan fingerprint density at radius 2 is 1.96 bits per heavy atom. The molecule has 0 saturated carbocycles. The van der Waals surface area contributed by atoms with Crippen LogP contribution in [0.1, 0.15) is 12.6 Å². The molecule has 0 saturated heterocycles. The second-order valence-corrected chi connectivity index (χ2v) is 8.08. The zero-order valence-corrected chi connectivity index (χ0v) is 17.9. The minimum Gasteiger partial charge on any atom is -0.494 e. The van der Waals surface area contributed by atoms with E-state index in [-0.39, 0.29) is 12.3 Å². The maximum atomic E-state index is 12.3. The van der Waals surface area contributed by atoms with Crippen molar-refractivity contribution >= 4 is 54.8 Å². The first-order valence-electron chi connectivity index (χ1n) is 7.97. The van der Waals surface area contributed by atoms with Crippen molar-refractivity contribution in [3.63, 3.8) is 0 Å². The van der Waals surface area contributed by atoms with E-state index in [9.17, 15) is 4.79 Å². The van der Waals surface area contributed by atoms with Crippen molar-refractivity contribution in [1.29, 1.82) is 0 Å². The minimum absolute atomic E-state index is 0.104. The number of amides is 1. The molecule has 1 aromatic heterocycles. The largest absolute Gasteiger partial charge is 0.494 e. The van der Waals surface area contributed by atoms with Crippen molar-refractivity contribution in [3.8, 4) is 16.3 Å². The van der Waals surface area contributed by atoms with Crippen LogP contribution in [0.4, 0.5) is 5.69 Å². The number of rotatable bonds is 6. The van der Waals surface area contributed by atoms with Crippen molar-refractivity contribution in [2.75, 3.05) is 11.9 Å². The van der Waals surface area contributed by atoms with Crippen molar-refractivity contribution in [3.05, 3.63) is 62.5 Å². The summed E-state index contributed by atoms with van der Waals surface area (Å²) in [5, 5.41) is 5.71. The van der Waals surface area contributed by atoms with Gasteiger partial charge in [0.25, 0.3) is 0 Å². The summed E-state index contributed by atoms with van der Waals surface area (Å²) < 4.78 is 7.19. The summed E-state index contributed by atoms with van der Waals surface area (Å²) in [5.74, 6) is 0.736. The average molecular weight is 496 g/mol. The number of aromatic nitrogens is 1. The van der Waals surface area contributed by atoms with Crippen molar-refractivity contribution in [2.45, 2.75) is 13.3 Å². The zero-order chi connectivity index (χ0) is 18.5. The highest BCUT2D eigenvalue weighted by atomic mass is 79.9. The standard InChI is InChI=1S/C19H16Br2N2O2S/c1-2-25-15-6-3-12(4-7-15)19-22-14(11-26-19)10-18(24)23-17-9-13(20)5-8-16(17)21/h3-9,11H,2,10H2,1H3,(H,23,24). The Morgan fingerprint density at radius 1 is 1.19 bits per heavy atom. The first-order valence-corrected chi connectivity index (χ1v) is 10.4. The molecule has 0 unspecified atom stereocenters. The maximum absolute atomic E-state index is 12.3. The molecule has 0 bridgehead atoms. The van der Waals surface area contributed by atoms with Crippen LogP contribution in [0.25, 0.3) is 10.6 Å². The molecule has 1 N–H and O–H groups in total. The number of ether oxygens (including phenoxy) is 1. The summed E-state index contributed by atoms with van der Waals surface area (Å²) in [5.41, 5.74) is 2.49.